The molecule has 0 aromatic heterocycles. The minimum atomic E-state index is -0.916. The number of carbonyl (C=O) groups is 3. The zero-order valence-corrected chi connectivity index (χ0v) is 21.0. The highest BCUT2D eigenvalue weighted by molar-refractivity contribution is 5.99. The molecule has 7 nitrogen and oxygen atoms in total. The third-order valence-corrected chi connectivity index (χ3v) is 7.29. The van der Waals surface area contributed by atoms with E-state index in [9.17, 15) is 14.4 Å². The van der Waals surface area contributed by atoms with Crippen molar-refractivity contribution in [2.24, 2.45) is 0 Å². The lowest BCUT2D eigenvalue weighted by Crippen LogP contribution is -2.60. The van der Waals surface area contributed by atoms with Crippen LogP contribution in [-0.2, 0) is 9.53 Å². The number of hydrogen-bond donors (Lipinski definition) is 1. The number of aryl methyl sites for hydroxylation is 2. The van der Waals surface area contributed by atoms with E-state index in [2.05, 4.69) is 5.32 Å². The van der Waals surface area contributed by atoms with Gasteiger partial charge in [-0.3, -0.25) is 19.3 Å². The van der Waals surface area contributed by atoms with Gasteiger partial charge in [0.1, 0.15) is 11.8 Å². The fraction of sp³-hybridized carbons (Fsp3) is 0.464. The summed E-state index contributed by atoms with van der Waals surface area (Å²) in [4.78, 5) is 43.6. The first-order chi connectivity index (χ1) is 16.8. The monoisotopic (exact) mass is 477 g/mol. The molecule has 186 valence electrons. The molecule has 2 aromatic rings. The molecule has 0 aliphatic carbocycles. The lowest BCUT2D eigenvalue weighted by Gasteiger charge is -2.44. The molecular formula is C28H35N3O4. The number of likely N-dealkylation sites (tertiary alicyclic amines) is 1. The van der Waals surface area contributed by atoms with Crippen molar-refractivity contribution in [2.75, 3.05) is 19.7 Å². The molecular weight excluding hydrogens is 442 g/mol. The van der Waals surface area contributed by atoms with Gasteiger partial charge in [-0.1, -0.05) is 42.8 Å². The van der Waals surface area contributed by atoms with Crippen LogP contribution in [0.3, 0.4) is 0 Å². The Morgan fingerprint density at radius 3 is 2.31 bits per heavy atom. The minimum Gasteiger partial charge on any atom is -0.353 e. The number of amides is 3. The zero-order valence-electron chi connectivity index (χ0n) is 21.0. The molecule has 2 atom stereocenters. The third-order valence-electron chi connectivity index (χ3n) is 7.29. The number of benzene rings is 2. The Morgan fingerprint density at radius 2 is 1.69 bits per heavy atom. The summed E-state index contributed by atoms with van der Waals surface area (Å²) in [5, 5.41) is 3.02. The Kier molecular flexibility index (Phi) is 7.26. The molecule has 35 heavy (non-hydrogen) atoms. The van der Waals surface area contributed by atoms with Gasteiger partial charge in [0, 0.05) is 43.1 Å². The number of hydrogen-bond acceptors (Lipinski definition) is 4. The van der Waals surface area contributed by atoms with Crippen LogP contribution in [0.25, 0.3) is 0 Å². The molecule has 1 spiro atoms. The van der Waals surface area contributed by atoms with Crippen molar-refractivity contribution in [3.8, 4) is 0 Å². The van der Waals surface area contributed by atoms with Crippen LogP contribution in [0.5, 0.6) is 0 Å². The van der Waals surface area contributed by atoms with E-state index in [1.165, 1.54) is 0 Å². The van der Waals surface area contributed by atoms with Gasteiger partial charge < -0.3 is 15.0 Å². The molecule has 0 bridgehead atoms. The van der Waals surface area contributed by atoms with Gasteiger partial charge in [0.15, 0.2) is 0 Å². The second kappa shape index (κ2) is 10.2. The van der Waals surface area contributed by atoms with E-state index in [0.717, 1.165) is 17.5 Å². The molecule has 0 radical (unpaired) electrons. The molecule has 2 aliphatic rings. The number of piperidine rings is 1. The summed E-state index contributed by atoms with van der Waals surface area (Å²) in [6.45, 7) is 8.89. The molecule has 2 fully saturated rings. The Hall–Kier alpha value is -3.19. The Morgan fingerprint density at radius 1 is 1.03 bits per heavy atom. The minimum absolute atomic E-state index is 0.00319. The molecule has 0 saturated carbocycles. The van der Waals surface area contributed by atoms with Crippen molar-refractivity contribution >= 4 is 17.7 Å². The third kappa shape index (κ3) is 4.96. The van der Waals surface area contributed by atoms with Crippen LogP contribution in [0.4, 0.5) is 0 Å². The highest BCUT2D eigenvalue weighted by atomic mass is 16.5. The standard InChI is InChI=1S/C28H35N3O4/c1-5-21(4)29-25(32)24-18-35-28(31(24)27(34)23-9-7-6-8-20(23)3)14-16-30(17-15-28)26(33)22-12-10-19(2)11-13-22/h6-13,21,24H,5,14-18H2,1-4H3,(H,29,32). The summed E-state index contributed by atoms with van der Waals surface area (Å²) >= 11 is 0. The van der Waals surface area contributed by atoms with E-state index in [1.54, 1.807) is 11.0 Å². The molecule has 2 aromatic carbocycles. The molecule has 7 heteroatoms. The topological polar surface area (TPSA) is 79.0 Å². The summed E-state index contributed by atoms with van der Waals surface area (Å²) < 4.78 is 6.28. The van der Waals surface area contributed by atoms with E-state index >= 15 is 0 Å². The molecule has 2 unspecified atom stereocenters. The van der Waals surface area contributed by atoms with Crippen LogP contribution >= 0.6 is 0 Å². The normalized spacial score (nSPS) is 20.1. The van der Waals surface area contributed by atoms with Crippen LogP contribution in [-0.4, -0.2) is 65.0 Å². The fourth-order valence-electron chi connectivity index (χ4n) is 4.89. The predicted octanol–water partition coefficient (Wildman–Crippen LogP) is 3.69. The van der Waals surface area contributed by atoms with Crippen molar-refractivity contribution in [2.45, 2.75) is 64.8 Å². The molecule has 1 N–H and O–H groups in total. The van der Waals surface area contributed by atoms with Crippen LogP contribution in [0.1, 0.15) is 65.0 Å². The summed E-state index contributed by atoms with van der Waals surface area (Å²) in [6.07, 6.45) is 1.71. The maximum atomic E-state index is 13.9. The maximum absolute atomic E-state index is 13.9. The number of nitrogens with zero attached hydrogens (tertiary/aromatic N) is 2. The summed E-state index contributed by atoms with van der Waals surface area (Å²) in [5.74, 6) is -0.430. The Bertz CT molecular complexity index is 1090. The number of nitrogens with one attached hydrogen (secondary N) is 1. The smallest absolute Gasteiger partial charge is 0.257 e. The van der Waals surface area contributed by atoms with Crippen LogP contribution < -0.4 is 5.32 Å². The molecule has 2 heterocycles. The molecule has 4 rings (SSSR count). The lowest BCUT2D eigenvalue weighted by atomic mass is 9.95. The average molecular weight is 478 g/mol. The quantitative estimate of drug-likeness (QED) is 0.712. The largest absolute Gasteiger partial charge is 0.353 e. The fourth-order valence-corrected chi connectivity index (χ4v) is 4.89. The van der Waals surface area contributed by atoms with Gasteiger partial charge in [-0.2, -0.15) is 0 Å². The SMILES string of the molecule is CCC(C)NC(=O)C1COC2(CCN(C(=O)c3ccc(C)cc3)CC2)N1C(=O)c1ccccc1C. The first kappa shape index (κ1) is 24.9. The van der Waals surface area contributed by atoms with Gasteiger partial charge in [0.25, 0.3) is 11.8 Å². The lowest BCUT2D eigenvalue weighted by molar-refractivity contribution is -0.128. The van der Waals surface area contributed by atoms with Crippen LogP contribution in [0.15, 0.2) is 48.5 Å². The number of rotatable bonds is 5. The summed E-state index contributed by atoms with van der Waals surface area (Å²) in [6, 6.07) is 14.3. The molecule has 3 amide bonds. The number of carbonyl (C=O) groups excluding carboxylic acids is 3. The Labute approximate surface area is 207 Å². The van der Waals surface area contributed by atoms with E-state index in [1.807, 2.05) is 75.1 Å². The summed E-state index contributed by atoms with van der Waals surface area (Å²) in [7, 11) is 0. The predicted molar refractivity (Wildman–Crippen MR) is 134 cm³/mol. The van der Waals surface area contributed by atoms with Crippen molar-refractivity contribution < 1.29 is 19.1 Å². The highest BCUT2D eigenvalue weighted by Gasteiger charge is 2.54. The van der Waals surface area contributed by atoms with Crippen LogP contribution in [0.2, 0.25) is 0 Å². The highest BCUT2D eigenvalue weighted by Crippen LogP contribution is 2.39. The van der Waals surface area contributed by atoms with Gasteiger partial charge >= 0.3 is 0 Å². The Balaban J connectivity index is 1.58. The van der Waals surface area contributed by atoms with Gasteiger partial charge in [-0.05, 0) is 51.0 Å². The molecule has 2 saturated heterocycles. The van der Waals surface area contributed by atoms with Gasteiger partial charge in [-0.15, -0.1) is 0 Å². The van der Waals surface area contributed by atoms with Crippen molar-refractivity contribution in [3.05, 3.63) is 70.8 Å². The van der Waals surface area contributed by atoms with Crippen LogP contribution in [0, 0.1) is 13.8 Å². The first-order valence-electron chi connectivity index (χ1n) is 12.5. The van der Waals surface area contributed by atoms with Gasteiger partial charge in [-0.25, -0.2) is 0 Å². The van der Waals surface area contributed by atoms with Gasteiger partial charge in [0.2, 0.25) is 5.91 Å². The van der Waals surface area contributed by atoms with Crippen molar-refractivity contribution in [1.29, 1.82) is 0 Å². The second-order valence-electron chi connectivity index (χ2n) is 9.74. The van der Waals surface area contributed by atoms with E-state index in [-0.39, 0.29) is 30.4 Å². The zero-order chi connectivity index (χ0) is 25.2. The molecule has 2 aliphatic heterocycles. The van der Waals surface area contributed by atoms with Crippen molar-refractivity contribution in [1.82, 2.24) is 15.1 Å². The second-order valence-corrected chi connectivity index (χ2v) is 9.74. The first-order valence-corrected chi connectivity index (χ1v) is 12.5. The van der Waals surface area contributed by atoms with E-state index < -0.39 is 11.8 Å². The summed E-state index contributed by atoms with van der Waals surface area (Å²) in [5.41, 5.74) is 2.26. The maximum Gasteiger partial charge on any atom is 0.257 e. The van der Waals surface area contributed by atoms with E-state index in [4.69, 9.17) is 4.74 Å². The van der Waals surface area contributed by atoms with E-state index in [0.29, 0.717) is 37.1 Å². The average Bonchev–Trinajstić information content (AvgIpc) is 3.23. The van der Waals surface area contributed by atoms with Gasteiger partial charge in [0.05, 0.1) is 6.61 Å². The van der Waals surface area contributed by atoms with Crippen molar-refractivity contribution in [3.63, 3.8) is 0 Å². The number of ether oxygens (including phenoxy) is 1.